The van der Waals surface area contributed by atoms with Gasteiger partial charge >= 0.3 is 0 Å². The lowest BCUT2D eigenvalue weighted by Crippen LogP contribution is -2.38. The molecule has 0 aliphatic heterocycles. The SMILES string of the molecule is COCCN(c1ccc(C=O)o1)C(C)COC. The highest BCUT2D eigenvalue weighted by atomic mass is 16.5. The molecular formula is C12H19NO4. The van der Waals surface area contributed by atoms with E-state index >= 15 is 0 Å². The molecule has 1 rings (SSSR count). The van der Waals surface area contributed by atoms with Crippen LogP contribution in [0.4, 0.5) is 5.88 Å². The summed E-state index contributed by atoms with van der Waals surface area (Å²) in [5, 5.41) is 0. The van der Waals surface area contributed by atoms with Gasteiger partial charge in [-0.1, -0.05) is 0 Å². The maximum Gasteiger partial charge on any atom is 0.196 e. The molecule has 0 fully saturated rings. The number of anilines is 1. The first kappa shape index (κ1) is 13.7. The summed E-state index contributed by atoms with van der Waals surface area (Å²) in [5.41, 5.74) is 0. The van der Waals surface area contributed by atoms with Gasteiger partial charge in [0.15, 0.2) is 17.9 Å². The van der Waals surface area contributed by atoms with Crippen molar-refractivity contribution in [2.45, 2.75) is 13.0 Å². The number of carbonyl (C=O) groups is 1. The Hall–Kier alpha value is -1.33. The molecule has 5 heteroatoms. The van der Waals surface area contributed by atoms with Crippen molar-refractivity contribution in [3.63, 3.8) is 0 Å². The first-order valence-electron chi connectivity index (χ1n) is 5.52. The van der Waals surface area contributed by atoms with Crippen LogP contribution in [0.15, 0.2) is 16.5 Å². The van der Waals surface area contributed by atoms with Crippen LogP contribution in [0.2, 0.25) is 0 Å². The summed E-state index contributed by atoms with van der Waals surface area (Å²) < 4.78 is 15.6. The number of hydrogen-bond acceptors (Lipinski definition) is 5. The summed E-state index contributed by atoms with van der Waals surface area (Å²) in [5.74, 6) is 0.987. The van der Waals surface area contributed by atoms with E-state index in [2.05, 4.69) is 0 Å². The molecule has 17 heavy (non-hydrogen) atoms. The molecule has 0 bridgehead atoms. The van der Waals surface area contributed by atoms with Crippen LogP contribution in [0.25, 0.3) is 0 Å². The lowest BCUT2D eigenvalue weighted by Gasteiger charge is -2.28. The Balaban J connectivity index is 2.76. The van der Waals surface area contributed by atoms with Gasteiger partial charge in [-0.2, -0.15) is 0 Å². The summed E-state index contributed by atoms with van der Waals surface area (Å²) in [7, 11) is 3.31. The normalized spacial score (nSPS) is 12.4. The molecule has 0 spiro atoms. The van der Waals surface area contributed by atoms with Gasteiger partial charge in [0.05, 0.1) is 19.3 Å². The largest absolute Gasteiger partial charge is 0.438 e. The highest BCUT2D eigenvalue weighted by Gasteiger charge is 2.17. The molecule has 0 N–H and O–H groups in total. The van der Waals surface area contributed by atoms with Gasteiger partial charge in [0.2, 0.25) is 0 Å². The van der Waals surface area contributed by atoms with Crippen LogP contribution in [0, 0.1) is 0 Å². The zero-order valence-electron chi connectivity index (χ0n) is 10.5. The van der Waals surface area contributed by atoms with Crippen molar-refractivity contribution < 1.29 is 18.7 Å². The molecule has 0 aliphatic rings. The van der Waals surface area contributed by atoms with Crippen LogP contribution in [-0.2, 0) is 9.47 Å². The van der Waals surface area contributed by atoms with E-state index in [4.69, 9.17) is 13.9 Å². The Morgan fingerprint density at radius 3 is 2.71 bits per heavy atom. The molecule has 0 saturated carbocycles. The fourth-order valence-electron chi connectivity index (χ4n) is 1.63. The van der Waals surface area contributed by atoms with E-state index in [-0.39, 0.29) is 6.04 Å². The van der Waals surface area contributed by atoms with Crippen LogP contribution in [0.1, 0.15) is 17.5 Å². The van der Waals surface area contributed by atoms with Crippen molar-refractivity contribution in [3.05, 3.63) is 17.9 Å². The minimum absolute atomic E-state index is 0.154. The van der Waals surface area contributed by atoms with Crippen molar-refractivity contribution in [1.29, 1.82) is 0 Å². The third-order valence-electron chi connectivity index (χ3n) is 2.49. The monoisotopic (exact) mass is 241 g/mol. The van der Waals surface area contributed by atoms with Crippen molar-refractivity contribution in [2.75, 3.05) is 38.9 Å². The van der Waals surface area contributed by atoms with E-state index in [0.717, 1.165) is 0 Å². The molecule has 0 aromatic carbocycles. The molecule has 1 heterocycles. The van der Waals surface area contributed by atoms with Gasteiger partial charge < -0.3 is 18.8 Å². The zero-order chi connectivity index (χ0) is 12.7. The molecule has 1 unspecified atom stereocenters. The van der Waals surface area contributed by atoms with Crippen molar-refractivity contribution >= 4 is 12.2 Å². The molecular weight excluding hydrogens is 222 g/mol. The van der Waals surface area contributed by atoms with Gasteiger partial charge in [-0.3, -0.25) is 4.79 Å². The third-order valence-corrected chi connectivity index (χ3v) is 2.49. The van der Waals surface area contributed by atoms with Gasteiger partial charge in [-0.25, -0.2) is 0 Å². The van der Waals surface area contributed by atoms with E-state index in [9.17, 15) is 4.79 Å². The Bertz CT molecular complexity index is 337. The summed E-state index contributed by atoms with van der Waals surface area (Å²) in [6, 6.07) is 3.59. The van der Waals surface area contributed by atoms with Gasteiger partial charge in [-0.15, -0.1) is 0 Å². The van der Waals surface area contributed by atoms with Crippen molar-refractivity contribution in [2.24, 2.45) is 0 Å². The number of methoxy groups -OCH3 is 2. The first-order chi connectivity index (χ1) is 8.22. The minimum atomic E-state index is 0.154. The van der Waals surface area contributed by atoms with Crippen LogP contribution >= 0.6 is 0 Å². The van der Waals surface area contributed by atoms with Gasteiger partial charge in [-0.05, 0) is 13.0 Å². The zero-order valence-corrected chi connectivity index (χ0v) is 10.5. The van der Waals surface area contributed by atoms with Gasteiger partial charge in [0.1, 0.15) is 0 Å². The number of rotatable bonds is 8. The average Bonchev–Trinajstić information content (AvgIpc) is 2.78. The molecule has 0 saturated heterocycles. The number of ether oxygens (including phenoxy) is 2. The number of hydrogen-bond donors (Lipinski definition) is 0. The lowest BCUT2D eigenvalue weighted by molar-refractivity contribution is 0.110. The predicted octanol–water partition coefficient (Wildman–Crippen LogP) is 1.58. The van der Waals surface area contributed by atoms with E-state index in [0.29, 0.717) is 37.7 Å². The van der Waals surface area contributed by atoms with Gasteiger partial charge in [0.25, 0.3) is 0 Å². The topological polar surface area (TPSA) is 51.9 Å². The summed E-state index contributed by atoms with van der Waals surface area (Å²) in [6.07, 6.45) is 0.693. The summed E-state index contributed by atoms with van der Waals surface area (Å²) in [4.78, 5) is 12.6. The van der Waals surface area contributed by atoms with Crippen LogP contribution in [-0.4, -0.2) is 46.3 Å². The molecule has 0 aliphatic carbocycles. The van der Waals surface area contributed by atoms with E-state index in [1.807, 2.05) is 11.8 Å². The highest BCUT2D eigenvalue weighted by molar-refractivity contribution is 5.71. The van der Waals surface area contributed by atoms with Gasteiger partial charge in [0, 0.05) is 26.8 Å². The molecule has 1 aromatic rings. The van der Waals surface area contributed by atoms with Crippen LogP contribution in [0.3, 0.4) is 0 Å². The maximum absolute atomic E-state index is 10.6. The van der Waals surface area contributed by atoms with Crippen LogP contribution < -0.4 is 4.90 Å². The van der Waals surface area contributed by atoms with Crippen molar-refractivity contribution in [3.8, 4) is 0 Å². The maximum atomic E-state index is 10.6. The van der Waals surface area contributed by atoms with Crippen LogP contribution in [0.5, 0.6) is 0 Å². The molecule has 1 aromatic heterocycles. The second kappa shape index (κ2) is 7.09. The first-order valence-corrected chi connectivity index (χ1v) is 5.52. The van der Waals surface area contributed by atoms with E-state index < -0.39 is 0 Å². The quantitative estimate of drug-likeness (QED) is 0.647. The second-order valence-electron chi connectivity index (χ2n) is 3.78. The molecule has 5 nitrogen and oxygen atoms in total. The van der Waals surface area contributed by atoms with Crippen molar-refractivity contribution in [1.82, 2.24) is 0 Å². The molecule has 1 atom stereocenters. The number of nitrogens with zero attached hydrogens (tertiary/aromatic N) is 1. The lowest BCUT2D eigenvalue weighted by atomic mass is 10.3. The number of furan rings is 1. The predicted molar refractivity (Wildman–Crippen MR) is 64.7 cm³/mol. The molecule has 96 valence electrons. The fraction of sp³-hybridized carbons (Fsp3) is 0.583. The standard InChI is InChI=1S/C12H19NO4/c1-10(9-16-3)13(6-7-15-2)12-5-4-11(8-14)17-12/h4-5,8,10H,6-7,9H2,1-3H3. The number of carbonyl (C=O) groups excluding carboxylic acids is 1. The summed E-state index contributed by atoms with van der Waals surface area (Å²) in [6.45, 7) is 3.89. The Morgan fingerprint density at radius 1 is 1.41 bits per heavy atom. The minimum Gasteiger partial charge on any atom is -0.438 e. The Kier molecular flexibility index (Phi) is 5.72. The molecule has 0 amide bonds. The Morgan fingerprint density at radius 2 is 2.18 bits per heavy atom. The fourth-order valence-corrected chi connectivity index (χ4v) is 1.63. The van der Waals surface area contributed by atoms with E-state index in [1.54, 1.807) is 26.4 Å². The highest BCUT2D eigenvalue weighted by Crippen LogP contribution is 2.20. The van der Waals surface area contributed by atoms with E-state index in [1.165, 1.54) is 0 Å². The average molecular weight is 241 g/mol. The third kappa shape index (κ3) is 3.87. The second-order valence-corrected chi connectivity index (χ2v) is 3.78. The summed E-state index contributed by atoms with van der Waals surface area (Å²) >= 11 is 0. The molecule has 0 radical (unpaired) electrons. The number of aldehydes is 1. The Labute approximate surface area is 101 Å². The smallest absolute Gasteiger partial charge is 0.196 e.